The van der Waals surface area contributed by atoms with E-state index in [1.54, 1.807) is 30.4 Å². The van der Waals surface area contributed by atoms with Gasteiger partial charge in [-0.25, -0.2) is 4.39 Å². The third-order valence-electron chi connectivity index (χ3n) is 3.04. The minimum atomic E-state index is -0.986. The van der Waals surface area contributed by atoms with Gasteiger partial charge in [-0.2, -0.15) is 0 Å². The number of hydrogen-bond donors (Lipinski definition) is 1. The van der Waals surface area contributed by atoms with Gasteiger partial charge in [0.15, 0.2) is 11.6 Å². The van der Waals surface area contributed by atoms with Crippen LogP contribution in [0.5, 0.6) is 5.75 Å². The third kappa shape index (κ3) is 3.14. The first-order valence-electron chi connectivity index (χ1n) is 6.04. The van der Waals surface area contributed by atoms with Crippen LogP contribution >= 0.6 is 11.3 Å². The molecule has 0 spiro atoms. The summed E-state index contributed by atoms with van der Waals surface area (Å²) in [4.78, 5) is 2.04. The first kappa shape index (κ1) is 14.0. The minimum Gasteiger partial charge on any atom is -0.494 e. The maximum atomic E-state index is 13.6. The van der Waals surface area contributed by atoms with E-state index in [-0.39, 0.29) is 5.75 Å². The van der Waals surface area contributed by atoms with E-state index in [2.05, 4.69) is 0 Å². The van der Waals surface area contributed by atoms with Gasteiger partial charge in [0.25, 0.3) is 0 Å². The molecule has 1 heterocycles. The molecule has 0 radical (unpaired) electrons. The molecule has 0 aliphatic rings. The first-order valence-corrected chi connectivity index (χ1v) is 6.86. The van der Waals surface area contributed by atoms with Crippen LogP contribution in [0.25, 0.3) is 0 Å². The molecule has 1 aromatic heterocycles. The molecule has 0 aliphatic carbocycles. The topological polar surface area (TPSA) is 29.5 Å². The Hall–Kier alpha value is -1.39. The standard InChI is InChI=1S/C15H17FO2S/c1-10-4-7-14(19-10)15(2,17)9-11-5-6-13(18-3)12(16)8-11/h4-8,17H,9H2,1-3H3. The van der Waals surface area contributed by atoms with Crippen molar-refractivity contribution in [3.8, 4) is 5.75 Å². The fraction of sp³-hybridized carbons (Fsp3) is 0.333. The maximum Gasteiger partial charge on any atom is 0.165 e. The van der Waals surface area contributed by atoms with E-state index in [1.165, 1.54) is 13.2 Å². The predicted octanol–water partition coefficient (Wildman–Crippen LogP) is 3.65. The third-order valence-corrected chi connectivity index (χ3v) is 4.29. The fourth-order valence-corrected chi connectivity index (χ4v) is 2.94. The molecule has 0 aliphatic heterocycles. The van der Waals surface area contributed by atoms with E-state index >= 15 is 0 Å². The quantitative estimate of drug-likeness (QED) is 0.926. The zero-order valence-electron chi connectivity index (χ0n) is 11.2. The average Bonchev–Trinajstić information content (AvgIpc) is 2.76. The molecule has 2 nitrogen and oxygen atoms in total. The molecule has 1 unspecified atom stereocenters. The van der Waals surface area contributed by atoms with Crippen LogP contribution in [0, 0.1) is 12.7 Å². The number of hydrogen-bond acceptors (Lipinski definition) is 3. The van der Waals surface area contributed by atoms with Crippen LogP contribution in [0.3, 0.4) is 0 Å². The largest absolute Gasteiger partial charge is 0.494 e. The van der Waals surface area contributed by atoms with Crippen molar-refractivity contribution in [1.29, 1.82) is 0 Å². The highest BCUT2D eigenvalue weighted by molar-refractivity contribution is 7.12. The molecule has 2 aromatic rings. The number of benzene rings is 1. The van der Waals surface area contributed by atoms with E-state index in [0.717, 1.165) is 15.3 Å². The number of methoxy groups -OCH3 is 1. The lowest BCUT2D eigenvalue weighted by Gasteiger charge is -2.22. The Balaban J connectivity index is 2.22. The zero-order valence-corrected chi connectivity index (χ0v) is 12.1. The second kappa shape index (κ2) is 5.31. The first-order chi connectivity index (χ1) is 8.92. The Labute approximate surface area is 116 Å². The van der Waals surface area contributed by atoms with E-state index < -0.39 is 11.4 Å². The highest BCUT2D eigenvalue weighted by atomic mass is 32.1. The lowest BCUT2D eigenvalue weighted by atomic mass is 9.95. The van der Waals surface area contributed by atoms with E-state index in [0.29, 0.717) is 6.42 Å². The molecule has 2 rings (SSSR count). The summed E-state index contributed by atoms with van der Waals surface area (Å²) in [5.74, 6) is -0.187. The van der Waals surface area contributed by atoms with Crippen LogP contribution in [-0.4, -0.2) is 12.2 Å². The molecule has 4 heteroatoms. The van der Waals surface area contributed by atoms with Crippen molar-refractivity contribution in [2.75, 3.05) is 7.11 Å². The van der Waals surface area contributed by atoms with Crippen molar-refractivity contribution in [2.45, 2.75) is 25.9 Å². The second-order valence-electron chi connectivity index (χ2n) is 4.83. The summed E-state index contributed by atoms with van der Waals surface area (Å²) in [7, 11) is 1.43. The predicted molar refractivity (Wildman–Crippen MR) is 75.3 cm³/mol. The molecule has 0 saturated heterocycles. The molecular weight excluding hydrogens is 263 g/mol. The number of thiophene rings is 1. The van der Waals surface area contributed by atoms with Crippen LogP contribution in [0.1, 0.15) is 22.2 Å². The fourth-order valence-electron chi connectivity index (χ4n) is 2.03. The van der Waals surface area contributed by atoms with E-state index in [1.807, 2.05) is 19.1 Å². The minimum absolute atomic E-state index is 0.218. The van der Waals surface area contributed by atoms with Crippen molar-refractivity contribution in [3.63, 3.8) is 0 Å². The molecule has 0 bridgehead atoms. The van der Waals surface area contributed by atoms with Gasteiger partial charge in [0.05, 0.1) is 12.7 Å². The Morgan fingerprint density at radius 1 is 1.32 bits per heavy atom. The average molecular weight is 280 g/mol. The Kier molecular flexibility index (Phi) is 3.92. The second-order valence-corrected chi connectivity index (χ2v) is 6.12. The number of aliphatic hydroxyl groups is 1. The molecule has 0 saturated carbocycles. The van der Waals surface area contributed by atoms with Crippen molar-refractivity contribution < 1.29 is 14.2 Å². The summed E-state index contributed by atoms with van der Waals surface area (Å²) in [5.41, 5.74) is -0.241. The molecule has 1 N–H and O–H groups in total. The van der Waals surface area contributed by atoms with Gasteiger partial charge in [0.1, 0.15) is 0 Å². The molecular formula is C15H17FO2S. The summed E-state index contributed by atoms with van der Waals surface area (Å²) in [6.45, 7) is 3.75. The van der Waals surface area contributed by atoms with Gasteiger partial charge in [0.2, 0.25) is 0 Å². The van der Waals surface area contributed by atoms with Crippen molar-refractivity contribution in [2.24, 2.45) is 0 Å². The summed E-state index contributed by atoms with van der Waals surface area (Å²) >= 11 is 1.56. The van der Waals surface area contributed by atoms with Crippen molar-refractivity contribution in [1.82, 2.24) is 0 Å². The van der Waals surface area contributed by atoms with Crippen LogP contribution in [0.4, 0.5) is 4.39 Å². The van der Waals surface area contributed by atoms with Crippen LogP contribution in [0.15, 0.2) is 30.3 Å². The van der Waals surface area contributed by atoms with Crippen LogP contribution in [-0.2, 0) is 12.0 Å². The molecule has 102 valence electrons. The van der Waals surface area contributed by atoms with Gasteiger partial charge >= 0.3 is 0 Å². The van der Waals surface area contributed by atoms with Crippen LogP contribution < -0.4 is 4.74 Å². The smallest absolute Gasteiger partial charge is 0.165 e. The number of aryl methyl sites for hydroxylation is 1. The normalized spacial score (nSPS) is 14.2. The molecule has 1 atom stereocenters. The number of ether oxygens (including phenoxy) is 1. The SMILES string of the molecule is COc1ccc(CC(C)(O)c2ccc(C)s2)cc1F. The van der Waals surface area contributed by atoms with E-state index in [9.17, 15) is 9.50 Å². The van der Waals surface area contributed by atoms with Gasteiger partial charge in [-0.05, 0) is 43.7 Å². The van der Waals surface area contributed by atoms with Gasteiger partial charge in [-0.15, -0.1) is 11.3 Å². The van der Waals surface area contributed by atoms with Gasteiger partial charge in [-0.1, -0.05) is 6.07 Å². The summed E-state index contributed by atoms with van der Waals surface area (Å²) in [5, 5.41) is 10.5. The monoisotopic (exact) mass is 280 g/mol. The number of rotatable bonds is 4. The van der Waals surface area contributed by atoms with Gasteiger partial charge in [0, 0.05) is 16.2 Å². The van der Waals surface area contributed by atoms with Crippen LogP contribution in [0.2, 0.25) is 0 Å². The maximum absolute atomic E-state index is 13.6. The molecule has 0 amide bonds. The lowest BCUT2D eigenvalue weighted by molar-refractivity contribution is 0.0614. The van der Waals surface area contributed by atoms with Crippen molar-refractivity contribution >= 4 is 11.3 Å². The zero-order chi connectivity index (χ0) is 14.0. The Morgan fingerprint density at radius 3 is 2.58 bits per heavy atom. The van der Waals surface area contributed by atoms with Gasteiger partial charge in [-0.3, -0.25) is 0 Å². The molecule has 19 heavy (non-hydrogen) atoms. The van der Waals surface area contributed by atoms with E-state index in [4.69, 9.17) is 4.74 Å². The summed E-state index contributed by atoms with van der Waals surface area (Å²) < 4.78 is 18.5. The van der Waals surface area contributed by atoms with Crippen molar-refractivity contribution in [3.05, 3.63) is 51.5 Å². The Morgan fingerprint density at radius 2 is 2.05 bits per heavy atom. The molecule has 0 fully saturated rings. The lowest BCUT2D eigenvalue weighted by Crippen LogP contribution is -2.22. The highest BCUT2D eigenvalue weighted by Crippen LogP contribution is 2.31. The highest BCUT2D eigenvalue weighted by Gasteiger charge is 2.25. The molecule has 1 aromatic carbocycles. The summed E-state index contributed by atoms with van der Waals surface area (Å²) in [6, 6.07) is 8.66. The Bertz CT molecular complexity index is 575. The van der Waals surface area contributed by atoms with Gasteiger partial charge < -0.3 is 9.84 Å². The summed E-state index contributed by atoms with van der Waals surface area (Å²) in [6.07, 6.45) is 0.369. The number of halogens is 1.